The van der Waals surface area contributed by atoms with Gasteiger partial charge in [-0.1, -0.05) is 35.3 Å². The molecule has 0 radical (unpaired) electrons. The first-order chi connectivity index (χ1) is 16.5. The summed E-state index contributed by atoms with van der Waals surface area (Å²) in [5, 5.41) is 18.3. The summed E-state index contributed by atoms with van der Waals surface area (Å²) >= 11 is 12.9. The van der Waals surface area contributed by atoms with Gasteiger partial charge in [-0.25, -0.2) is 10.1 Å². The van der Waals surface area contributed by atoms with Crippen LogP contribution in [0.5, 0.6) is 5.88 Å². The molecule has 1 saturated carbocycles. The Balaban J connectivity index is 1.51. The number of hydrogen-bond acceptors (Lipinski definition) is 6. The van der Waals surface area contributed by atoms with Crippen molar-refractivity contribution in [2.24, 2.45) is 0 Å². The fourth-order valence-electron chi connectivity index (χ4n) is 4.00. The van der Waals surface area contributed by atoms with Crippen molar-refractivity contribution in [3.63, 3.8) is 0 Å². The maximum absolute atomic E-state index is 13.3. The molecule has 8 nitrogen and oxygen atoms in total. The number of pyridine rings is 1. The molecule has 0 spiro atoms. The molecule has 0 atom stereocenters. The zero-order valence-corrected chi connectivity index (χ0v) is 19.7. The Morgan fingerprint density at radius 3 is 2.68 bits per heavy atom. The lowest BCUT2D eigenvalue weighted by molar-refractivity contribution is -0.118. The van der Waals surface area contributed by atoms with Crippen LogP contribution in [0.3, 0.4) is 0 Å². The number of anilines is 1. The molecule has 1 fully saturated rings. The van der Waals surface area contributed by atoms with Gasteiger partial charge in [0.2, 0.25) is 11.8 Å². The molecule has 1 amide bonds. The predicted octanol–water partition coefficient (Wildman–Crippen LogP) is 5.30. The highest BCUT2D eigenvalue weighted by atomic mass is 35.5. The number of carbonyl (C=O) groups excluding carboxylic acids is 1. The van der Waals surface area contributed by atoms with E-state index in [-0.39, 0.29) is 5.91 Å². The van der Waals surface area contributed by atoms with E-state index in [9.17, 15) is 4.79 Å². The molecular weight excluding hydrogens is 475 g/mol. The molecule has 34 heavy (non-hydrogen) atoms. The lowest BCUT2D eigenvalue weighted by atomic mass is 9.94. The molecule has 0 unspecified atom stereocenters. The minimum atomic E-state index is -0.594. The third-order valence-corrected chi connectivity index (χ3v) is 6.36. The third-order valence-electron chi connectivity index (χ3n) is 5.83. The van der Waals surface area contributed by atoms with E-state index in [1.165, 1.54) is 0 Å². The van der Waals surface area contributed by atoms with Gasteiger partial charge in [-0.2, -0.15) is 0 Å². The molecule has 0 bridgehead atoms. The molecule has 0 aliphatic heterocycles. The topological polar surface area (TPSA) is 106 Å². The molecule has 2 aromatic carbocycles. The molecule has 172 valence electrons. The summed E-state index contributed by atoms with van der Waals surface area (Å²) in [6.45, 7) is 2.42. The van der Waals surface area contributed by atoms with E-state index in [0.717, 1.165) is 24.0 Å². The molecular formula is C24H20Cl2N6O2. The van der Waals surface area contributed by atoms with E-state index >= 15 is 0 Å². The van der Waals surface area contributed by atoms with Gasteiger partial charge in [0.05, 0.1) is 17.0 Å². The van der Waals surface area contributed by atoms with Crippen molar-refractivity contribution in [1.82, 2.24) is 25.6 Å². The molecule has 1 aliphatic rings. The first kappa shape index (κ1) is 22.3. The average molecular weight is 495 g/mol. The number of ether oxygens (including phenoxy) is 1. The summed E-state index contributed by atoms with van der Waals surface area (Å²) in [4.78, 5) is 17.6. The van der Waals surface area contributed by atoms with E-state index in [2.05, 4.69) is 30.9 Å². The summed E-state index contributed by atoms with van der Waals surface area (Å²) in [5.74, 6) is 0.825. The van der Waals surface area contributed by atoms with E-state index in [0.29, 0.717) is 45.2 Å². The van der Waals surface area contributed by atoms with Crippen LogP contribution in [-0.4, -0.2) is 38.1 Å². The lowest BCUT2D eigenvalue weighted by Gasteiger charge is -2.18. The number of aromatic amines is 1. The highest BCUT2D eigenvalue weighted by Gasteiger charge is 2.51. The van der Waals surface area contributed by atoms with Crippen LogP contribution < -0.4 is 10.1 Å². The number of halogens is 2. The maximum atomic E-state index is 13.3. The van der Waals surface area contributed by atoms with Crippen molar-refractivity contribution in [2.75, 3.05) is 11.9 Å². The Morgan fingerprint density at radius 1 is 1.18 bits per heavy atom. The summed E-state index contributed by atoms with van der Waals surface area (Å²) < 4.78 is 5.44. The van der Waals surface area contributed by atoms with Gasteiger partial charge in [0, 0.05) is 39.7 Å². The van der Waals surface area contributed by atoms with Gasteiger partial charge < -0.3 is 10.1 Å². The number of hydrogen-bond donors (Lipinski definition) is 2. The SMILES string of the molecule is CCOc1ccc(-c2c(Cl)cc(NC(=O)C3(c4cccc(Cl)c4)CC3)cc2-c2nnn[nH]2)cn1. The van der Waals surface area contributed by atoms with Crippen molar-refractivity contribution in [3.8, 4) is 28.4 Å². The number of amides is 1. The molecule has 2 N–H and O–H groups in total. The van der Waals surface area contributed by atoms with Crippen molar-refractivity contribution in [1.29, 1.82) is 0 Å². The van der Waals surface area contributed by atoms with Gasteiger partial charge >= 0.3 is 0 Å². The van der Waals surface area contributed by atoms with Crippen LogP contribution in [0.4, 0.5) is 5.69 Å². The zero-order valence-electron chi connectivity index (χ0n) is 18.2. The summed E-state index contributed by atoms with van der Waals surface area (Å²) in [6, 6.07) is 14.6. The van der Waals surface area contributed by atoms with Gasteiger partial charge in [-0.3, -0.25) is 4.79 Å². The minimum absolute atomic E-state index is 0.108. The number of benzene rings is 2. The van der Waals surface area contributed by atoms with Crippen LogP contribution in [-0.2, 0) is 10.2 Å². The van der Waals surface area contributed by atoms with Crippen LogP contribution in [0.1, 0.15) is 25.3 Å². The van der Waals surface area contributed by atoms with Gasteiger partial charge in [0.25, 0.3) is 0 Å². The lowest BCUT2D eigenvalue weighted by Crippen LogP contribution is -2.27. The van der Waals surface area contributed by atoms with Crippen molar-refractivity contribution < 1.29 is 9.53 Å². The van der Waals surface area contributed by atoms with Crippen LogP contribution in [0, 0.1) is 0 Å². The van der Waals surface area contributed by atoms with Crippen molar-refractivity contribution in [3.05, 3.63) is 70.3 Å². The van der Waals surface area contributed by atoms with Crippen LogP contribution in [0.15, 0.2) is 54.7 Å². The fraction of sp³-hybridized carbons (Fsp3) is 0.208. The second-order valence-corrected chi connectivity index (χ2v) is 8.84. The number of H-pyrrole nitrogens is 1. The second kappa shape index (κ2) is 9.04. The number of nitrogens with one attached hydrogen (secondary N) is 2. The Kier molecular flexibility index (Phi) is 5.93. The summed E-state index contributed by atoms with van der Waals surface area (Å²) in [7, 11) is 0. The van der Waals surface area contributed by atoms with Crippen LogP contribution in [0.2, 0.25) is 10.0 Å². The highest BCUT2D eigenvalue weighted by molar-refractivity contribution is 6.34. The Morgan fingerprint density at radius 2 is 2.03 bits per heavy atom. The third kappa shape index (κ3) is 4.22. The quantitative estimate of drug-likeness (QED) is 0.360. The maximum Gasteiger partial charge on any atom is 0.235 e. The Hall–Kier alpha value is -3.49. The number of nitrogens with zero attached hydrogens (tertiary/aromatic N) is 4. The smallest absolute Gasteiger partial charge is 0.235 e. The predicted molar refractivity (Wildman–Crippen MR) is 130 cm³/mol. The fourth-order valence-corrected chi connectivity index (χ4v) is 4.52. The van der Waals surface area contributed by atoms with Crippen molar-refractivity contribution in [2.45, 2.75) is 25.2 Å². The van der Waals surface area contributed by atoms with E-state index in [1.807, 2.05) is 31.2 Å². The molecule has 2 heterocycles. The van der Waals surface area contributed by atoms with Gasteiger partial charge in [0.15, 0.2) is 5.82 Å². The molecule has 4 aromatic rings. The largest absolute Gasteiger partial charge is 0.478 e. The number of tetrazole rings is 1. The Bertz CT molecular complexity index is 1340. The number of carbonyl (C=O) groups is 1. The van der Waals surface area contributed by atoms with Gasteiger partial charge in [0.1, 0.15) is 0 Å². The molecule has 2 aromatic heterocycles. The molecule has 10 heteroatoms. The minimum Gasteiger partial charge on any atom is -0.478 e. The van der Waals surface area contributed by atoms with Crippen LogP contribution >= 0.6 is 23.2 Å². The standard InChI is InChI=1S/C24H20Cl2N6O2/c1-2-34-20-7-6-14(13-27-20)21-18(22-29-31-32-30-22)11-17(12-19(21)26)28-23(33)24(8-9-24)15-4-3-5-16(25)10-15/h3-7,10-13H,2,8-9H2,1H3,(H,28,33)(H,29,30,31,32). The normalized spacial score (nSPS) is 14.0. The first-order valence-corrected chi connectivity index (χ1v) is 11.5. The van der Waals surface area contributed by atoms with E-state index in [4.69, 9.17) is 27.9 Å². The summed E-state index contributed by atoms with van der Waals surface area (Å²) in [5.41, 5.74) is 2.92. The van der Waals surface area contributed by atoms with Gasteiger partial charge in [-0.05, 0) is 66.1 Å². The van der Waals surface area contributed by atoms with Gasteiger partial charge in [-0.15, -0.1) is 5.10 Å². The van der Waals surface area contributed by atoms with E-state index in [1.54, 1.807) is 30.5 Å². The second-order valence-electron chi connectivity index (χ2n) is 8.00. The number of rotatable bonds is 7. The molecule has 0 saturated heterocycles. The van der Waals surface area contributed by atoms with Crippen molar-refractivity contribution >= 4 is 34.8 Å². The highest BCUT2D eigenvalue weighted by Crippen LogP contribution is 2.50. The zero-order chi connectivity index (χ0) is 23.7. The summed E-state index contributed by atoms with van der Waals surface area (Å²) in [6.07, 6.45) is 3.18. The number of aromatic nitrogens is 5. The monoisotopic (exact) mass is 494 g/mol. The van der Waals surface area contributed by atoms with Crippen LogP contribution in [0.25, 0.3) is 22.5 Å². The Labute approximate surface area is 205 Å². The average Bonchev–Trinajstić information content (AvgIpc) is 3.46. The van der Waals surface area contributed by atoms with E-state index < -0.39 is 5.41 Å². The molecule has 1 aliphatic carbocycles. The molecule has 5 rings (SSSR count). The first-order valence-electron chi connectivity index (χ1n) is 10.7.